The summed E-state index contributed by atoms with van der Waals surface area (Å²) in [4.78, 5) is 0.0454. The van der Waals surface area contributed by atoms with Crippen LogP contribution in [0.3, 0.4) is 0 Å². The summed E-state index contributed by atoms with van der Waals surface area (Å²) in [6.45, 7) is 4.23. The highest BCUT2D eigenvalue weighted by Crippen LogP contribution is 2.26. The molecule has 0 saturated heterocycles. The van der Waals surface area contributed by atoms with Gasteiger partial charge in [0.1, 0.15) is 4.90 Å². The lowest BCUT2D eigenvalue weighted by molar-refractivity contribution is 0.119. The van der Waals surface area contributed by atoms with Crippen LogP contribution < -0.4 is 5.73 Å². The van der Waals surface area contributed by atoms with Gasteiger partial charge in [0.15, 0.2) is 5.82 Å². The molecule has 9 heteroatoms. The number of sulfonamides is 1. The summed E-state index contributed by atoms with van der Waals surface area (Å²) in [5.74, 6) is 0.00188. The van der Waals surface area contributed by atoms with Crippen LogP contribution in [0.2, 0.25) is 0 Å². The zero-order valence-corrected chi connectivity index (χ0v) is 14.0. The number of nitrogens with zero attached hydrogens (tertiary/aromatic N) is 3. The second-order valence-corrected chi connectivity index (χ2v) is 6.66. The molecule has 0 aliphatic rings. The first-order valence-electron chi connectivity index (χ1n) is 6.56. The number of aryl methyl sites for hydroxylation is 1. The van der Waals surface area contributed by atoms with Crippen molar-refractivity contribution in [2.75, 3.05) is 39.7 Å². The van der Waals surface area contributed by atoms with E-state index in [-0.39, 0.29) is 36.5 Å². The lowest BCUT2D eigenvalue weighted by Gasteiger charge is -2.27. The first-order chi connectivity index (χ1) is 9.77. The number of anilines is 1. The predicted molar refractivity (Wildman–Crippen MR) is 79.5 cm³/mol. The average Bonchev–Trinajstić information content (AvgIpc) is 2.64. The molecule has 0 amide bonds. The highest BCUT2D eigenvalue weighted by molar-refractivity contribution is 7.89. The topological polar surface area (TPSA) is 99.7 Å². The van der Waals surface area contributed by atoms with Gasteiger partial charge >= 0.3 is 0 Å². The summed E-state index contributed by atoms with van der Waals surface area (Å²) in [6.07, 6.45) is 0. The van der Waals surface area contributed by atoms with Gasteiger partial charge in [0.2, 0.25) is 10.0 Å². The summed E-state index contributed by atoms with van der Waals surface area (Å²) >= 11 is 0. The molecule has 0 radical (unpaired) electrons. The second kappa shape index (κ2) is 7.21. The first kappa shape index (κ1) is 17.9. The Kier molecular flexibility index (Phi) is 6.14. The van der Waals surface area contributed by atoms with Gasteiger partial charge in [-0.15, -0.1) is 0 Å². The maximum atomic E-state index is 12.9. The number of aromatic nitrogens is 2. The molecule has 0 aliphatic carbocycles. The Bertz CT molecular complexity index is 570. The third kappa shape index (κ3) is 3.73. The molecule has 1 rings (SSSR count). The first-order valence-corrected chi connectivity index (χ1v) is 8.00. The molecule has 122 valence electrons. The van der Waals surface area contributed by atoms with E-state index in [9.17, 15) is 8.42 Å². The van der Waals surface area contributed by atoms with E-state index >= 15 is 0 Å². The van der Waals surface area contributed by atoms with Crippen LogP contribution in [0.25, 0.3) is 0 Å². The Morgan fingerprint density at radius 2 is 2.00 bits per heavy atom. The molecular weight excluding hydrogens is 296 g/mol. The molecule has 1 heterocycles. The van der Waals surface area contributed by atoms with E-state index in [0.29, 0.717) is 5.69 Å². The molecule has 0 fully saturated rings. The minimum Gasteiger partial charge on any atom is -0.383 e. The number of ether oxygens (including phenoxy) is 2. The SMILES string of the molecule is COCCN(C(C)COC)S(=O)(=O)c1c(N)nn(C)c1C. The summed E-state index contributed by atoms with van der Waals surface area (Å²) in [5.41, 5.74) is 6.27. The molecule has 1 aromatic heterocycles. The van der Waals surface area contributed by atoms with Gasteiger partial charge in [-0.2, -0.15) is 9.40 Å². The molecule has 0 bridgehead atoms. The minimum absolute atomic E-state index is 0.00188. The number of hydrogen-bond donors (Lipinski definition) is 1. The van der Waals surface area contributed by atoms with E-state index < -0.39 is 10.0 Å². The molecule has 21 heavy (non-hydrogen) atoms. The van der Waals surface area contributed by atoms with Crippen LogP contribution in [-0.4, -0.2) is 62.5 Å². The average molecular weight is 320 g/mol. The fraction of sp³-hybridized carbons (Fsp3) is 0.750. The molecule has 1 atom stereocenters. The smallest absolute Gasteiger partial charge is 0.249 e. The van der Waals surface area contributed by atoms with Gasteiger partial charge in [-0.3, -0.25) is 4.68 Å². The van der Waals surface area contributed by atoms with Crippen LogP contribution in [0.4, 0.5) is 5.82 Å². The molecule has 0 aromatic carbocycles. The third-order valence-corrected chi connectivity index (χ3v) is 5.47. The van der Waals surface area contributed by atoms with E-state index in [1.165, 1.54) is 23.2 Å². The van der Waals surface area contributed by atoms with Crippen LogP contribution >= 0.6 is 0 Å². The zero-order valence-electron chi connectivity index (χ0n) is 13.2. The predicted octanol–water partition coefficient (Wildman–Crippen LogP) is -0.0173. The molecule has 1 aromatic rings. The van der Waals surface area contributed by atoms with E-state index in [2.05, 4.69) is 5.10 Å². The third-order valence-electron chi connectivity index (χ3n) is 3.29. The van der Waals surface area contributed by atoms with Crippen LogP contribution in [0.15, 0.2) is 4.90 Å². The van der Waals surface area contributed by atoms with Gasteiger partial charge < -0.3 is 15.2 Å². The number of rotatable bonds is 8. The van der Waals surface area contributed by atoms with Crippen molar-refractivity contribution >= 4 is 15.8 Å². The Balaban J connectivity index is 3.26. The second-order valence-electron chi connectivity index (χ2n) is 4.84. The van der Waals surface area contributed by atoms with Gasteiger partial charge in [0.05, 0.1) is 18.9 Å². The number of nitrogen functional groups attached to an aromatic ring is 1. The van der Waals surface area contributed by atoms with Gasteiger partial charge in [-0.05, 0) is 13.8 Å². The van der Waals surface area contributed by atoms with Crippen LogP contribution in [0.1, 0.15) is 12.6 Å². The molecular formula is C12H24N4O4S. The summed E-state index contributed by atoms with van der Waals surface area (Å²) in [6, 6.07) is -0.339. The van der Waals surface area contributed by atoms with Crippen LogP contribution in [0, 0.1) is 6.92 Å². The fourth-order valence-corrected chi connectivity index (χ4v) is 4.03. The fourth-order valence-electron chi connectivity index (χ4n) is 2.13. The van der Waals surface area contributed by atoms with E-state index in [4.69, 9.17) is 15.2 Å². The van der Waals surface area contributed by atoms with Gasteiger partial charge in [-0.25, -0.2) is 8.42 Å². The van der Waals surface area contributed by atoms with Crippen LogP contribution in [-0.2, 0) is 26.5 Å². The van der Waals surface area contributed by atoms with Crippen molar-refractivity contribution < 1.29 is 17.9 Å². The Morgan fingerprint density at radius 1 is 1.38 bits per heavy atom. The van der Waals surface area contributed by atoms with Crippen molar-refractivity contribution in [1.29, 1.82) is 0 Å². The van der Waals surface area contributed by atoms with E-state index in [1.54, 1.807) is 20.9 Å². The molecule has 1 unspecified atom stereocenters. The molecule has 8 nitrogen and oxygen atoms in total. The highest BCUT2D eigenvalue weighted by Gasteiger charge is 2.34. The quantitative estimate of drug-likeness (QED) is 0.723. The lowest BCUT2D eigenvalue weighted by atomic mass is 10.3. The van der Waals surface area contributed by atoms with Crippen molar-refractivity contribution in [3.8, 4) is 0 Å². The van der Waals surface area contributed by atoms with Gasteiger partial charge in [-0.1, -0.05) is 0 Å². The lowest BCUT2D eigenvalue weighted by Crippen LogP contribution is -2.43. The number of hydrogen-bond acceptors (Lipinski definition) is 6. The van der Waals surface area contributed by atoms with Gasteiger partial charge in [0.25, 0.3) is 0 Å². The largest absolute Gasteiger partial charge is 0.383 e. The summed E-state index contributed by atoms with van der Waals surface area (Å²) in [7, 11) is 0.938. The maximum absolute atomic E-state index is 12.9. The number of methoxy groups -OCH3 is 2. The monoisotopic (exact) mass is 320 g/mol. The normalized spacial score (nSPS) is 13.8. The summed E-state index contributed by atoms with van der Waals surface area (Å²) in [5, 5.41) is 3.97. The van der Waals surface area contributed by atoms with Crippen molar-refractivity contribution in [2.45, 2.75) is 24.8 Å². The standard InChI is InChI=1S/C12H24N4O4S/c1-9(8-20-5)16(6-7-19-4)21(17,18)11-10(2)15(3)14-12(11)13/h9H,6-8H2,1-5H3,(H2,13,14). The van der Waals surface area contributed by atoms with E-state index in [0.717, 1.165) is 0 Å². The number of nitrogens with two attached hydrogens (primary N) is 1. The van der Waals surface area contributed by atoms with Crippen molar-refractivity contribution in [3.05, 3.63) is 5.69 Å². The van der Waals surface area contributed by atoms with Gasteiger partial charge in [0, 0.05) is 33.9 Å². The van der Waals surface area contributed by atoms with Crippen molar-refractivity contribution in [2.24, 2.45) is 7.05 Å². The minimum atomic E-state index is -3.77. The maximum Gasteiger partial charge on any atom is 0.249 e. The molecule has 0 spiro atoms. The molecule has 0 aliphatic heterocycles. The van der Waals surface area contributed by atoms with Crippen molar-refractivity contribution in [3.63, 3.8) is 0 Å². The Labute approximate surface area is 125 Å². The summed E-state index contributed by atoms with van der Waals surface area (Å²) < 4.78 is 38.6. The molecule has 2 N–H and O–H groups in total. The molecule has 0 saturated carbocycles. The Hall–Kier alpha value is -1.16. The Morgan fingerprint density at radius 3 is 2.43 bits per heavy atom. The van der Waals surface area contributed by atoms with Crippen LogP contribution in [0.5, 0.6) is 0 Å². The zero-order chi connectivity index (χ0) is 16.2. The van der Waals surface area contributed by atoms with Crippen molar-refractivity contribution in [1.82, 2.24) is 14.1 Å². The van der Waals surface area contributed by atoms with E-state index in [1.807, 2.05) is 0 Å². The highest BCUT2D eigenvalue weighted by atomic mass is 32.2.